The molecule has 2 N–H and O–H groups in total. The average Bonchev–Trinajstić information content (AvgIpc) is 2.79. The lowest BCUT2D eigenvalue weighted by Gasteiger charge is -2.16. The van der Waals surface area contributed by atoms with Crippen LogP contribution in [0.25, 0.3) is 10.9 Å². The van der Waals surface area contributed by atoms with E-state index in [1.807, 2.05) is 18.2 Å². The number of fused-ring (bicyclic) bond motifs is 1. The van der Waals surface area contributed by atoms with Crippen LogP contribution in [0.15, 0.2) is 30.6 Å². The van der Waals surface area contributed by atoms with E-state index in [0.29, 0.717) is 25.3 Å². The van der Waals surface area contributed by atoms with Crippen molar-refractivity contribution in [1.82, 2.24) is 9.97 Å². The third-order valence-electron chi connectivity index (χ3n) is 3.30. The number of hydrogen-bond acceptors (Lipinski definition) is 4. The topological polar surface area (TPSA) is 72.1 Å². The number of pyridine rings is 2. The van der Waals surface area contributed by atoms with Gasteiger partial charge in [0.2, 0.25) is 5.91 Å². The first kappa shape index (κ1) is 11.1. The highest BCUT2D eigenvalue weighted by Crippen LogP contribution is 2.27. The summed E-state index contributed by atoms with van der Waals surface area (Å²) < 4.78 is 0. The van der Waals surface area contributed by atoms with Gasteiger partial charge in [0.05, 0.1) is 0 Å². The Morgan fingerprint density at radius 1 is 1.33 bits per heavy atom. The molecule has 0 spiro atoms. The number of nitrogens with two attached hydrogens (primary N) is 1. The molecule has 1 unspecified atom stereocenters. The van der Waals surface area contributed by atoms with Crippen LogP contribution < -0.4 is 10.6 Å². The van der Waals surface area contributed by atoms with Crippen LogP contribution in [-0.2, 0) is 4.79 Å². The number of carbonyl (C=O) groups is 1. The Bertz CT molecular complexity index is 593. The fourth-order valence-electron chi connectivity index (χ4n) is 2.33. The van der Waals surface area contributed by atoms with Gasteiger partial charge in [-0.25, -0.2) is 4.98 Å². The third-order valence-corrected chi connectivity index (χ3v) is 3.30. The molecule has 5 heteroatoms. The number of carbonyl (C=O) groups excluding carboxylic acids is 1. The van der Waals surface area contributed by atoms with Crippen LogP contribution in [0.2, 0.25) is 0 Å². The first-order chi connectivity index (χ1) is 8.79. The molecular weight excluding hydrogens is 228 g/mol. The molecule has 1 atom stereocenters. The Labute approximate surface area is 105 Å². The Kier molecular flexibility index (Phi) is 2.68. The van der Waals surface area contributed by atoms with Gasteiger partial charge in [0.1, 0.15) is 5.52 Å². The van der Waals surface area contributed by atoms with Crippen molar-refractivity contribution in [3.8, 4) is 0 Å². The van der Waals surface area contributed by atoms with Gasteiger partial charge in [-0.05, 0) is 24.6 Å². The molecule has 2 aromatic heterocycles. The second-order valence-electron chi connectivity index (χ2n) is 4.52. The van der Waals surface area contributed by atoms with Crippen molar-refractivity contribution in [2.45, 2.75) is 6.42 Å². The fraction of sp³-hybridized carbons (Fsp3) is 0.308. The molecule has 0 radical (unpaired) electrons. The highest BCUT2D eigenvalue weighted by molar-refractivity contribution is 6.01. The van der Waals surface area contributed by atoms with Crippen LogP contribution >= 0.6 is 0 Å². The molecule has 1 fully saturated rings. The fourth-order valence-corrected chi connectivity index (χ4v) is 2.33. The minimum absolute atomic E-state index is 0.0797. The lowest BCUT2D eigenvalue weighted by molar-refractivity contribution is -0.117. The van der Waals surface area contributed by atoms with Crippen LogP contribution in [0.1, 0.15) is 6.42 Å². The molecule has 1 aliphatic heterocycles. The lowest BCUT2D eigenvalue weighted by atomic mass is 10.1. The van der Waals surface area contributed by atoms with Crippen LogP contribution in [0, 0.1) is 5.92 Å². The summed E-state index contributed by atoms with van der Waals surface area (Å²) in [4.78, 5) is 22.3. The van der Waals surface area contributed by atoms with E-state index in [-0.39, 0.29) is 11.8 Å². The van der Waals surface area contributed by atoms with Crippen molar-refractivity contribution in [2.24, 2.45) is 11.7 Å². The van der Waals surface area contributed by atoms with Gasteiger partial charge in [-0.3, -0.25) is 14.7 Å². The second kappa shape index (κ2) is 4.34. The maximum atomic E-state index is 12.0. The van der Waals surface area contributed by atoms with Crippen molar-refractivity contribution in [2.75, 3.05) is 18.0 Å². The highest BCUT2D eigenvalue weighted by atomic mass is 16.2. The van der Waals surface area contributed by atoms with Gasteiger partial charge in [0.15, 0.2) is 5.82 Å². The zero-order valence-corrected chi connectivity index (χ0v) is 9.91. The Morgan fingerprint density at radius 3 is 3.00 bits per heavy atom. The molecule has 0 bridgehead atoms. The van der Waals surface area contributed by atoms with Gasteiger partial charge in [-0.2, -0.15) is 0 Å². The second-order valence-corrected chi connectivity index (χ2v) is 4.52. The van der Waals surface area contributed by atoms with E-state index in [9.17, 15) is 4.79 Å². The van der Waals surface area contributed by atoms with Crippen molar-refractivity contribution >= 4 is 22.6 Å². The Balaban J connectivity index is 2.07. The smallest absolute Gasteiger partial charge is 0.228 e. The molecule has 0 aromatic carbocycles. The molecule has 1 amide bonds. The molecule has 92 valence electrons. The zero-order chi connectivity index (χ0) is 12.5. The quantitative estimate of drug-likeness (QED) is 0.850. The molecule has 3 heterocycles. The van der Waals surface area contributed by atoms with Crippen molar-refractivity contribution in [3.63, 3.8) is 0 Å². The van der Waals surface area contributed by atoms with E-state index < -0.39 is 0 Å². The maximum absolute atomic E-state index is 12.0. The predicted octanol–water partition coefficient (Wildman–Crippen LogP) is 0.941. The highest BCUT2D eigenvalue weighted by Gasteiger charge is 2.31. The molecule has 0 aliphatic carbocycles. The van der Waals surface area contributed by atoms with Crippen LogP contribution in [0.3, 0.4) is 0 Å². The van der Waals surface area contributed by atoms with Crippen LogP contribution in [0.5, 0.6) is 0 Å². The zero-order valence-electron chi connectivity index (χ0n) is 9.91. The number of anilines is 1. The summed E-state index contributed by atoms with van der Waals surface area (Å²) in [5.41, 5.74) is 6.40. The van der Waals surface area contributed by atoms with E-state index in [0.717, 1.165) is 10.9 Å². The molecule has 0 saturated carbocycles. The van der Waals surface area contributed by atoms with E-state index in [2.05, 4.69) is 9.97 Å². The van der Waals surface area contributed by atoms with Crippen molar-refractivity contribution < 1.29 is 4.79 Å². The number of rotatable bonds is 2. The Hall–Kier alpha value is -2.01. The number of aromatic nitrogens is 2. The number of amides is 1. The molecule has 18 heavy (non-hydrogen) atoms. The third kappa shape index (κ3) is 1.73. The summed E-state index contributed by atoms with van der Waals surface area (Å²) >= 11 is 0. The van der Waals surface area contributed by atoms with E-state index in [4.69, 9.17) is 5.73 Å². The van der Waals surface area contributed by atoms with Gasteiger partial charge >= 0.3 is 0 Å². The van der Waals surface area contributed by atoms with Gasteiger partial charge in [-0.1, -0.05) is 6.07 Å². The van der Waals surface area contributed by atoms with Crippen molar-refractivity contribution in [3.05, 3.63) is 30.6 Å². The molecular formula is C13H14N4O. The first-order valence-electron chi connectivity index (χ1n) is 6.00. The molecule has 1 saturated heterocycles. The molecule has 5 nitrogen and oxygen atoms in total. The standard InChI is InChI=1S/C13H14N4O/c14-7-9-6-11(18)17(8-9)13-12-10(3-5-16-13)2-1-4-15-12/h1-5,9H,6-8,14H2. The van der Waals surface area contributed by atoms with Gasteiger partial charge < -0.3 is 5.73 Å². The number of nitrogens with zero attached hydrogens (tertiary/aromatic N) is 3. The summed E-state index contributed by atoms with van der Waals surface area (Å²) in [6.45, 7) is 1.17. The monoisotopic (exact) mass is 242 g/mol. The van der Waals surface area contributed by atoms with Crippen molar-refractivity contribution in [1.29, 1.82) is 0 Å². The average molecular weight is 242 g/mol. The van der Waals surface area contributed by atoms with E-state index >= 15 is 0 Å². The van der Waals surface area contributed by atoms with Gasteiger partial charge in [0, 0.05) is 30.7 Å². The molecule has 3 rings (SSSR count). The van der Waals surface area contributed by atoms with Gasteiger partial charge in [-0.15, -0.1) is 0 Å². The summed E-state index contributed by atoms with van der Waals surface area (Å²) in [5.74, 6) is 0.948. The first-order valence-corrected chi connectivity index (χ1v) is 6.00. The lowest BCUT2D eigenvalue weighted by Crippen LogP contribution is -2.27. The summed E-state index contributed by atoms with van der Waals surface area (Å²) in [6.07, 6.45) is 3.93. The molecule has 1 aliphatic rings. The largest absolute Gasteiger partial charge is 0.330 e. The van der Waals surface area contributed by atoms with E-state index in [1.165, 1.54) is 0 Å². The molecule has 2 aromatic rings. The Morgan fingerprint density at radius 2 is 2.22 bits per heavy atom. The predicted molar refractivity (Wildman–Crippen MR) is 69.1 cm³/mol. The summed E-state index contributed by atoms with van der Waals surface area (Å²) in [7, 11) is 0. The van der Waals surface area contributed by atoms with E-state index in [1.54, 1.807) is 17.3 Å². The summed E-state index contributed by atoms with van der Waals surface area (Å²) in [6, 6.07) is 5.74. The maximum Gasteiger partial charge on any atom is 0.228 e. The SMILES string of the molecule is NCC1CC(=O)N(c2nccc3cccnc23)C1. The minimum Gasteiger partial charge on any atom is -0.330 e. The summed E-state index contributed by atoms with van der Waals surface area (Å²) in [5, 5.41) is 0.992. The van der Waals surface area contributed by atoms with Crippen LogP contribution in [-0.4, -0.2) is 29.0 Å². The number of hydrogen-bond donors (Lipinski definition) is 1. The normalized spacial score (nSPS) is 19.7. The van der Waals surface area contributed by atoms with Crippen LogP contribution in [0.4, 0.5) is 5.82 Å². The van der Waals surface area contributed by atoms with Gasteiger partial charge in [0.25, 0.3) is 0 Å². The minimum atomic E-state index is 0.0797.